The summed E-state index contributed by atoms with van der Waals surface area (Å²) in [6.07, 6.45) is 10.9. The smallest absolute Gasteiger partial charge is 0.119 e. The van der Waals surface area contributed by atoms with Crippen LogP contribution in [0.15, 0.2) is 42.5 Å². The van der Waals surface area contributed by atoms with Crippen molar-refractivity contribution in [2.75, 3.05) is 6.61 Å². The van der Waals surface area contributed by atoms with Crippen LogP contribution in [0.2, 0.25) is 0 Å². The van der Waals surface area contributed by atoms with Crippen LogP contribution in [0.3, 0.4) is 0 Å². The van der Waals surface area contributed by atoms with Crippen molar-refractivity contribution in [3.05, 3.63) is 53.6 Å². The van der Waals surface area contributed by atoms with Gasteiger partial charge in [0.25, 0.3) is 0 Å². The normalized spacial score (nSPS) is 16.5. The molecule has 0 radical (unpaired) electrons. The van der Waals surface area contributed by atoms with Gasteiger partial charge >= 0.3 is 0 Å². The first-order valence-electron chi connectivity index (χ1n) is 10.1. The van der Waals surface area contributed by atoms with Gasteiger partial charge in [0.2, 0.25) is 0 Å². The average molecular weight is 337 g/mol. The maximum atomic E-state index is 5.55. The summed E-state index contributed by atoms with van der Waals surface area (Å²) in [5.41, 5.74) is 5.77. The Labute approximate surface area is 153 Å². The molecular weight excluding hydrogens is 304 g/mol. The van der Waals surface area contributed by atoms with Crippen LogP contribution < -0.4 is 4.74 Å². The molecule has 0 aliphatic heterocycles. The highest BCUT2D eigenvalue weighted by atomic mass is 16.5. The predicted molar refractivity (Wildman–Crippen MR) is 107 cm³/mol. The van der Waals surface area contributed by atoms with Crippen molar-refractivity contribution in [3.8, 4) is 16.9 Å². The molecule has 0 bridgehead atoms. The third-order valence-corrected chi connectivity index (χ3v) is 5.50. The Balaban J connectivity index is 1.63. The second-order valence-corrected chi connectivity index (χ2v) is 7.40. The molecule has 0 N–H and O–H groups in total. The van der Waals surface area contributed by atoms with Gasteiger partial charge < -0.3 is 4.74 Å². The largest absolute Gasteiger partial charge is 0.494 e. The van der Waals surface area contributed by atoms with Gasteiger partial charge in [0.1, 0.15) is 5.75 Å². The number of ether oxygens (including phenoxy) is 1. The molecule has 1 atom stereocenters. The number of unbranched alkanes of at least 4 members (excludes halogenated alkanes) is 3. The van der Waals surface area contributed by atoms with Crippen molar-refractivity contribution < 1.29 is 4.74 Å². The molecule has 0 aromatic heterocycles. The lowest BCUT2D eigenvalue weighted by atomic mass is 9.80. The van der Waals surface area contributed by atoms with Gasteiger partial charge in [-0.2, -0.15) is 0 Å². The summed E-state index contributed by atoms with van der Waals surface area (Å²) in [5.74, 6) is 1.86. The molecule has 134 valence electrons. The third-order valence-electron chi connectivity index (χ3n) is 5.50. The molecule has 0 amide bonds. The molecule has 0 spiro atoms. The fourth-order valence-corrected chi connectivity index (χ4v) is 4.03. The fourth-order valence-electron chi connectivity index (χ4n) is 4.03. The minimum Gasteiger partial charge on any atom is -0.494 e. The molecule has 1 aliphatic carbocycles. The van der Waals surface area contributed by atoms with E-state index >= 15 is 0 Å². The maximum Gasteiger partial charge on any atom is 0.119 e. The topological polar surface area (TPSA) is 9.23 Å². The zero-order valence-corrected chi connectivity index (χ0v) is 15.9. The van der Waals surface area contributed by atoms with Crippen molar-refractivity contribution >= 4 is 0 Å². The SMILES string of the molecule is CCCCCCC1CCc2cc(-c3ccc(OCC)cc3)ccc2C1. The summed E-state index contributed by atoms with van der Waals surface area (Å²) in [4.78, 5) is 0. The number of rotatable bonds is 8. The second kappa shape index (κ2) is 9.08. The Hall–Kier alpha value is -1.76. The molecular formula is C24H32O. The van der Waals surface area contributed by atoms with Crippen molar-refractivity contribution in [3.63, 3.8) is 0 Å². The lowest BCUT2D eigenvalue weighted by Crippen LogP contribution is -2.14. The van der Waals surface area contributed by atoms with Gasteiger partial charge in [0, 0.05) is 0 Å². The zero-order valence-electron chi connectivity index (χ0n) is 15.9. The van der Waals surface area contributed by atoms with Crippen LogP contribution >= 0.6 is 0 Å². The third kappa shape index (κ3) is 4.87. The van der Waals surface area contributed by atoms with E-state index in [9.17, 15) is 0 Å². The molecule has 25 heavy (non-hydrogen) atoms. The first-order valence-corrected chi connectivity index (χ1v) is 10.1. The predicted octanol–water partition coefficient (Wildman–Crippen LogP) is 6.83. The number of hydrogen-bond acceptors (Lipinski definition) is 1. The number of aryl methyl sites for hydroxylation is 1. The minimum atomic E-state index is 0.720. The van der Waals surface area contributed by atoms with E-state index in [1.165, 1.54) is 62.5 Å². The second-order valence-electron chi connectivity index (χ2n) is 7.40. The van der Waals surface area contributed by atoms with E-state index in [1.807, 2.05) is 6.92 Å². The Kier molecular flexibility index (Phi) is 6.55. The van der Waals surface area contributed by atoms with Gasteiger partial charge in [0.05, 0.1) is 6.61 Å². The van der Waals surface area contributed by atoms with Crippen molar-refractivity contribution in [1.29, 1.82) is 0 Å². The summed E-state index contributed by atoms with van der Waals surface area (Å²) in [5, 5.41) is 0. The monoisotopic (exact) mass is 336 g/mol. The summed E-state index contributed by atoms with van der Waals surface area (Å²) < 4.78 is 5.55. The standard InChI is InChI=1S/C24H32O/c1-3-5-6-7-8-19-9-10-23-18-22(12-11-21(23)17-19)20-13-15-24(16-14-20)25-4-2/h11-16,18-19H,3-10,17H2,1-2H3. The van der Waals surface area contributed by atoms with E-state index in [4.69, 9.17) is 4.74 Å². The highest BCUT2D eigenvalue weighted by molar-refractivity contribution is 5.65. The van der Waals surface area contributed by atoms with Crippen LogP contribution in [-0.4, -0.2) is 6.61 Å². The van der Waals surface area contributed by atoms with Crippen LogP contribution in [0.5, 0.6) is 5.75 Å². The first-order chi connectivity index (χ1) is 12.3. The van der Waals surface area contributed by atoms with Gasteiger partial charge in [-0.25, -0.2) is 0 Å². The van der Waals surface area contributed by atoms with E-state index in [1.54, 1.807) is 11.1 Å². The van der Waals surface area contributed by atoms with Gasteiger partial charge in [0.15, 0.2) is 0 Å². The molecule has 0 saturated carbocycles. The number of fused-ring (bicyclic) bond motifs is 1. The molecule has 3 rings (SSSR count). The van der Waals surface area contributed by atoms with Gasteiger partial charge in [-0.15, -0.1) is 0 Å². The van der Waals surface area contributed by atoms with Crippen LogP contribution in [-0.2, 0) is 12.8 Å². The van der Waals surface area contributed by atoms with Gasteiger partial charge in [-0.1, -0.05) is 69.4 Å². The Morgan fingerprint density at radius 2 is 1.68 bits per heavy atom. The molecule has 0 fully saturated rings. The Morgan fingerprint density at radius 3 is 2.44 bits per heavy atom. The highest BCUT2D eigenvalue weighted by Gasteiger charge is 2.18. The highest BCUT2D eigenvalue weighted by Crippen LogP contribution is 2.32. The van der Waals surface area contributed by atoms with E-state index in [2.05, 4.69) is 49.4 Å². The summed E-state index contributed by atoms with van der Waals surface area (Å²) in [7, 11) is 0. The number of hydrogen-bond donors (Lipinski definition) is 0. The van der Waals surface area contributed by atoms with E-state index < -0.39 is 0 Å². The van der Waals surface area contributed by atoms with Crippen molar-refractivity contribution in [2.24, 2.45) is 5.92 Å². The van der Waals surface area contributed by atoms with Crippen LogP contribution in [0.25, 0.3) is 11.1 Å². The molecule has 2 aromatic carbocycles. The van der Waals surface area contributed by atoms with Crippen LogP contribution in [0, 0.1) is 5.92 Å². The zero-order chi connectivity index (χ0) is 17.5. The molecule has 0 saturated heterocycles. The molecule has 1 unspecified atom stereocenters. The summed E-state index contributed by atoms with van der Waals surface area (Å²) >= 11 is 0. The van der Waals surface area contributed by atoms with Crippen LogP contribution in [0.4, 0.5) is 0 Å². The van der Waals surface area contributed by atoms with Gasteiger partial charge in [-0.3, -0.25) is 0 Å². The van der Waals surface area contributed by atoms with E-state index in [-0.39, 0.29) is 0 Å². The maximum absolute atomic E-state index is 5.55. The van der Waals surface area contributed by atoms with Crippen molar-refractivity contribution in [2.45, 2.75) is 65.2 Å². The minimum absolute atomic E-state index is 0.720. The van der Waals surface area contributed by atoms with E-state index in [0.717, 1.165) is 18.3 Å². The first kappa shape index (κ1) is 18.0. The molecule has 2 aromatic rings. The molecule has 1 nitrogen and oxygen atoms in total. The molecule has 1 heteroatoms. The Bertz CT molecular complexity index is 656. The number of benzene rings is 2. The van der Waals surface area contributed by atoms with E-state index in [0.29, 0.717) is 0 Å². The van der Waals surface area contributed by atoms with Crippen molar-refractivity contribution in [1.82, 2.24) is 0 Å². The van der Waals surface area contributed by atoms with Gasteiger partial charge in [-0.05, 0) is 66.5 Å². The molecule has 1 aliphatic rings. The lowest BCUT2D eigenvalue weighted by Gasteiger charge is -2.25. The lowest BCUT2D eigenvalue weighted by molar-refractivity contribution is 0.340. The summed E-state index contributed by atoms with van der Waals surface area (Å²) in [6.45, 7) is 5.03. The summed E-state index contributed by atoms with van der Waals surface area (Å²) in [6, 6.07) is 15.6. The Morgan fingerprint density at radius 1 is 0.880 bits per heavy atom. The average Bonchev–Trinajstić information content (AvgIpc) is 2.66. The fraction of sp³-hybridized carbons (Fsp3) is 0.500. The van der Waals surface area contributed by atoms with Crippen LogP contribution in [0.1, 0.15) is 63.5 Å². The molecule has 0 heterocycles. The quantitative estimate of drug-likeness (QED) is 0.480.